The zero-order chi connectivity index (χ0) is 16.9. The zero-order valence-corrected chi connectivity index (χ0v) is 15.2. The number of ether oxygens (including phenoxy) is 1. The largest absolute Gasteiger partial charge is 0.444 e. The van der Waals surface area contributed by atoms with Gasteiger partial charge in [-0.25, -0.2) is 9.78 Å². The maximum atomic E-state index is 11.5. The number of carbonyl (C=O) groups excluding carboxylic acids is 1. The maximum Gasteiger partial charge on any atom is 0.407 e. The SMILES string of the molecule is CC(C)(C)OC(=O)NCCCNc1nccc2c(Br)cccc12. The summed E-state index contributed by atoms with van der Waals surface area (Å²) in [5.74, 6) is 0.848. The second kappa shape index (κ2) is 7.64. The average molecular weight is 380 g/mol. The molecule has 2 aromatic rings. The third kappa shape index (κ3) is 5.39. The number of anilines is 1. The van der Waals surface area contributed by atoms with Gasteiger partial charge in [0.2, 0.25) is 0 Å². The smallest absolute Gasteiger partial charge is 0.407 e. The lowest BCUT2D eigenvalue weighted by Gasteiger charge is -2.19. The number of rotatable bonds is 5. The average Bonchev–Trinajstić information content (AvgIpc) is 2.46. The normalized spacial score (nSPS) is 11.3. The molecule has 2 N–H and O–H groups in total. The molecule has 1 amide bonds. The molecule has 1 aromatic heterocycles. The molecule has 6 heteroatoms. The molecule has 124 valence electrons. The summed E-state index contributed by atoms with van der Waals surface area (Å²) in [5, 5.41) is 8.25. The van der Waals surface area contributed by atoms with Gasteiger partial charge >= 0.3 is 6.09 Å². The summed E-state index contributed by atoms with van der Waals surface area (Å²) in [6.07, 6.45) is 2.18. The minimum absolute atomic E-state index is 0.385. The number of hydrogen-bond donors (Lipinski definition) is 2. The third-order valence-corrected chi connectivity index (χ3v) is 3.76. The fourth-order valence-corrected chi connectivity index (χ4v) is 2.61. The fraction of sp³-hybridized carbons (Fsp3) is 0.412. The Kier molecular flexibility index (Phi) is 5.82. The Bertz CT molecular complexity index is 683. The van der Waals surface area contributed by atoms with Gasteiger partial charge in [-0.2, -0.15) is 0 Å². The molecule has 0 radical (unpaired) electrons. The molecule has 0 fully saturated rings. The highest BCUT2D eigenvalue weighted by Crippen LogP contribution is 2.27. The number of pyridine rings is 1. The van der Waals surface area contributed by atoms with Gasteiger partial charge in [0.25, 0.3) is 0 Å². The number of alkyl carbamates (subject to hydrolysis) is 1. The molecule has 0 spiro atoms. The van der Waals surface area contributed by atoms with Crippen LogP contribution in [0.25, 0.3) is 10.8 Å². The van der Waals surface area contributed by atoms with Gasteiger partial charge in [0.05, 0.1) is 0 Å². The molecular formula is C17H22BrN3O2. The predicted molar refractivity (Wildman–Crippen MR) is 96.8 cm³/mol. The Morgan fingerprint density at radius 2 is 2.00 bits per heavy atom. The predicted octanol–water partition coefficient (Wildman–Crippen LogP) is 4.32. The van der Waals surface area contributed by atoms with Gasteiger partial charge in [0.15, 0.2) is 0 Å². The molecule has 0 bridgehead atoms. The van der Waals surface area contributed by atoms with Crippen molar-refractivity contribution in [2.75, 3.05) is 18.4 Å². The summed E-state index contributed by atoms with van der Waals surface area (Å²) in [6.45, 7) is 6.81. The third-order valence-electron chi connectivity index (χ3n) is 3.07. The maximum absolute atomic E-state index is 11.5. The molecule has 0 atom stereocenters. The van der Waals surface area contributed by atoms with E-state index < -0.39 is 5.60 Å². The summed E-state index contributed by atoms with van der Waals surface area (Å²) in [5.41, 5.74) is -0.470. The van der Waals surface area contributed by atoms with Crippen LogP contribution in [-0.2, 0) is 4.74 Å². The van der Waals surface area contributed by atoms with E-state index in [-0.39, 0.29) is 6.09 Å². The van der Waals surface area contributed by atoms with Crippen LogP contribution in [0.15, 0.2) is 34.9 Å². The standard InChI is InChI=1S/C17H22BrN3O2/c1-17(2,3)23-16(22)21-10-5-9-19-15-13-6-4-7-14(18)12(13)8-11-20-15/h4,6-8,11H,5,9-10H2,1-3H3,(H,19,20)(H,21,22). The summed E-state index contributed by atoms with van der Waals surface area (Å²) in [7, 11) is 0. The Morgan fingerprint density at radius 3 is 2.74 bits per heavy atom. The molecule has 0 aliphatic heterocycles. The zero-order valence-electron chi connectivity index (χ0n) is 13.6. The first-order chi connectivity index (χ1) is 10.9. The van der Waals surface area contributed by atoms with E-state index in [2.05, 4.69) is 31.5 Å². The fourth-order valence-electron chi connectivity index (χ4n) is 2.11. The van der Waals surface area contributed by atoms with Crippen molar-refractivity contribution in [3.63, 3.8) is 0 Å². The number of carbonyl (C=O) groups is 1. The second-order valence-electron chi connectivity index (χ2n) is 6.20. The van der Waals surface area contributed by atoms with E-state index in [1.807, 2.05) is 45.0 Å². The van der Waals surface area contributed by atoms with Gasteiger partial charge in [0.1, 0.15) is 11.4 Å². The van der Waals surface area contributed by atoms with Gasteiger partial charge in [-0.1, -0.05) is 28.1 Å². The highest BCUT2D eigenvalue weighted by atomic mass is 79.9. The van der Waals surface area contributed by atoms with Crippen LogP contribution in [0.2, 0.25) is 0 Å². The first-order valence-corrected chi connectivity index (χ1v) is 8.40. The number of benzene rings is 1. The van der Waals surface area contributed by atoms with Crippen LogP contribution in [0.4, 0.5) is 10.6 Å². The van der Waals surface area contributed by atoms with Crippen LogP contribution in [0.3, 0.4) is 0 Å². The van der Waals surface area contributed by atoms with E-state index in [1.54, 1.807) is 6.20 Å². The number of halogens is 1. The van der Waals surface area contributed by atoms with Crippen LogP contribution < -0.4 is 10.6 Å². The molecule has 2 rings (SSSR count). The van der Waals surface area contributed by atoms with Gasteiger partial charge in [-0.15, -0.1) is 0 Å². The second-order valence-corrected chi connectivity index (χ2v) is 7.06. The monoisotopic (exact) mass is 379 g/mol. The summed E-state index contributed by atoms with van der Waals surface area (Å²) >= 11 is 3.55. The van der Waals surface area contributed by atoms with Crippen molar-refractivity contribution in [1.29, 1.82) is 0 Å². The van der Waals surface area contributed by atoms with Crippen molar-refractivity contribution >= 4 is 38.6 Å². The lowest BCUT2D eigenvalue weighted by Crippen LogP contribution is -2.33. The number of nitrogens with one attached hydrogen (secondary N) is 2. The van der Waals surface area contributed by atoms with Gasteiger partial charge in [-0.05, 0) is 39.3 Å². The van der Waals surface area contributed by atoms with E-state index in [9.17, 15) is 4.79 Å². The Labute approximate surface area is 144 Å². The summed E-state index contributed by atoms with van der Waals surface area (Å²) in [4.78, 5) is 15.9. The van der Waals surface area contributed by atoms with Crippen molar-refractivity contribution in [2.24, 2.45) is 0 Å². The van der Waals surface area contributed by atoms with Crippen molar-refractivity contribution < 1.29 is 9.53 Å². The van der Waals surface area contributed by atoms with Crippen molar-refractivity contribution in [1.82, 2.24) is 10.3 Å². The number of aromatic nitrogens is 1. The Balaban J connectivity index is 1.81. The molecule has 1 heterocycles. The van der Waals surface area contributed by atoms with Crippen LogP contribution in [-0.4, -0.2) is 29.8 Å². The minimum Gasteiger partial charge on any atom is -0.444 e. The molecule has 5 nitrogen and oxygen atoms in total. The quantitative estimate of drug-likeness (QED) is 0.759. The Hall–Kier alpha value is -1.82. The van der Waals surface area contributed by atoms with E-state index in [0.29, 0.717) is 13.1 Å². The van der Waals surface area contributed by atoms with Crippen molar-refractivity contribution in [3.8, 4) is 0 Å². The van der Waals surface area contributed by atoms with E-state index in [1.165, 1.54) is 0 Å². The van der Waals surface area contributed by atoms with Crippen LogP contribution >= 0.6 is 15.9 Å². The number of fused-ring (bicyclic) bond motifs is 1. The van der Waals surface area contributed by atoms with Gasteiger partial charge in [0, 0.05) is 34.5 Å². The van der Waals surface area contributed by atoms with Crippen LogP contribution in [0.5, 0.6) is 0 Å². The van der Waals surface area contributed by atoms with E-state index in [0.717, 1.165) is 27.5 Å². The molecule has 0 unspecified atom stereocenters. The highest BCUT2D eigenvalue weighted by molar-refractivity contribution is 9.10. The summed E-state index contributed by atoms with van der Waals surface area (Å²) in [6, 6.07) is 8.02. The molecular weight excluding hydrogens is 358 g/mol. The number of nitrogens with zero attached hydrogens (tertiary/aromatic N) is 1. The molecule has 0 saturated carbocycles. The highest BCUT2D eigenvalue weighted by Gasteiger charge is 2.15. The van der Waals surface area contributed by atoms with Crippen molar-refractivity contribution in [3.05, 3.63) is 34.9 Å². The number of amides is 1. The van der Waals surface area contributed by atoms with Gasteiger partial charge < -0.3 is 15.4 Å². The molecule has 0 saturated heterocycles. The van der Waals surface area contributed by atoms with Crippen molar-refractivity contribution in [2.45, 2.75) is 32.8 Å². The molecule has 23 heavy (non-hydrogen) atoms. The molecule has 0 aliphatic carbocycles. The lowest BCUT2D eigenvalue weighted by atomic mass is 10.1. The van der Waals surface area contributed by atoms with Crippen LogP contribution in [0.1, 0.15) is 27.2 Å². The molecule has 0 aliphatic rings. The number of hydrogen-bond acceptors (Lipinski definition) is 4. The van der Waals surface area contributed by atoms with Gasteiger partial charge in [-0.3, -0.25) is 0 Å². The van der Waals surface area contributed by atoms with E-state index >= 15 is 0 Å². The first kappa shape index (κ1) is 17.5. The first-order valence-electron chi connectivity index (χ1n) is 7.61. The van der Waals surface area contributed by atoms with Crippen LogP contribution in [0, 0.1) is 0 Å². The molecule has 1 aromatic carbocycles. The topological polar surface area (TPSA) is 63.2 Å². The minimum atomic E-state index is -0.470. The van der Waals surface area contributed by atoms with E-state index in [4.69, 9.17) is 4.74 Å². The summed E-state index contributed by atoms with van der Waals surface area (Å²) < 4.78 is 6.23. The lowest BCUT2D eigenvalue weighted by molar-refractivity contribution is 0.0528. The Morgan fingerprint density at radius 1 is 1.22 bits per heavy atom.